The molecule has 1 heterocycles. The molecule has 0 amide bonds. The molecule has 0 radical (unpaired) electrons. The Kier molecular flexibility index (Phi) is 5.37. The van der Waals surface area contributed by atoms with Crippen LogP contribution in [0.4, 0.5) is 0 Å². The quantitative estimate of drug-likeness (QED) is 0.500. The fourth-order valence-electron chi connectivity index (χ4n) is 3.59. The van der Waals surface area contributed by atoms with Crippen molar-refractivity contribution >= 4 is 45.0 Å². The summed E-state index contributed by atoms with van der Waals surface area (Å²) >= 11 is 12.4. The van der Waals surface area contributed by atoms with Gasteiger partial charge in [-0.2, -0.15) is 0 Å². The molecule has 0 aliphatic rings. The minimum atomic E-state index is -0.459. The van der Waals surface area contributed by atoms with Gasteiger partial charge in [0.05, 0.1) is 6.54 Å². The van der Waals surface area contributed by atoms with Gasteiger partial charge in [-0.25, -0.2) is 0 Å². The molecule has 0 aliphatic heterocycles. The zero-order valence-electron chi connectivity index (χ0n) is 14.8. The molecule has 0 spiro atoms. The van der Waals surface area contributed by atoms with Crippen molar-refractivity contribution in [3.8, 4) is 0 Å². The van der Waals surface area contributed by atoms with E-state index in [1.54, 1.807) is 0 Å². The number of nitrogens with zero attached hydrogens (tertiary/aromatic N) is 1. The standard InChI is InChI=1S/C22H20Cl2N2O/c23-16-6-8-21-19(10-16)20-11-17(24)7-9-22(20)26(21)14-18(27)13-25-12-15-4-2-1-3-5-15/h1-11,18,25,27H,12-14H2/p+1/t18-/m1/s1. The van der Waals surface area contributed by atoms with Crippen molar-refractivity contribution < 1.29 is 10.4 Å². The third kappa shape index (κ3) is 3.97. The van der Waals surface area contributed by atoms with Crippen molar-refractivity contribution in [3.05, 3.63) is 82.3 Å². The van der Waals surface area contributed by atoms with E-state index in [2.05, 4.69) is 22.0 Å². The highest BCUT2D eigenvalue weighted by Gasteiger charge is 2.15. The zero-order valence-corrected chi connectivity index (χ0v) is 16.3. The van der Waals surface area contributed by atoms with Gasteiger partial charge in [0.15, 0.2) is 0 Å². The first-order valence-corrected chi connectivity index (χ1v) is 9.78. The summed E-state index contributed by atoms with van der Waals surface area (Å²) in [5, 5.41) is 16.3. The second kappa shape index (κ2) is 7.91. The van der Waals surface area contributed by atoms with E-state index < -0.39 is 6.10 Å². The summed E-state index contributed by atoms with van der Waals surface area (Å²) < 4.78 is 2.15. The van der Waals surface area contributed by atoms with Gasteiger partial charge in [-0.1, -0.05) is 53.5 Å². The maximum Gasteiger partial charge on any atom is 0.121 e. The average molecular weight is 400 g/mol. The van der Waals surface area contributed by atoms with Gasteiger partial charge in [-0.3, -0.25) is 0 Å². The number of hydrogen-bond acceptors (Lipinski definition) is 1. The Bertz CT molecular complexity index is 1020. The summed E-state index contributed by atoms with van der Waals surface area (Å²) in [6, 6.07) is 22.0. The number of aliphatic hydroxyl groups is 1. The molecule has 0 saturated carbocycles. The molecule has 1 aromatic heterocycles. The van der Waals surface area contributed by atoms with Crippen LogP contribution in [-0.2, 0) is 13.1 Å². The van der Waals surface area contributed by atoms with Gasteiger partial charge >= 0.3 is 0 Å². The Hall–Kier alpha value is -2.04. The Labute approximate surface area is 168 Å². The molecule has 0 saturated heterocycles. The molecule has 0 bridgehead atoms. The average Bonchev–Trinajstić information content (AvgIpc) is 2.95. The van der Waals surface area contributed by atoms with Crippen LogP contribution in [0.3, 0.4) is 0 Å². The molecule has 138 valence electrons. The first-order valence-electron chi connectivity index (χ1n) is 9.02. The summed E-state index contributed by atoms with van der Waals surface area (Å²) in [5.74, 6) is 0. The van der Waals surface area contributed by atoms with Crippen molar-refractivity contribution in [1.29, 1.82) is 0 Å². The minimum absolute atomic E-state index is 0.459. The zero-order chi connectivity index (χ0) is 18.8. The number of benzene rings is 3. The van der Waals surface area contributed by atoms with Crippen molar-refractivity contribution in [2.45, 2.75) is 19.2 Å². The number of nitrogens with two attached hydrogens (primary N) is 1. The van der Waals surface area contributed by atoms with Crippen LogP contribution >= 0.6 is 23.2 Å². The minimum Gasteiger partial charge on any atom is -0.385 e. The molecule has 0 aliphatic carbocycles. The van der Waals surface area contributed by atoms with Crippen LogP contribution in [0.15, 0.2) is 66.7 Å². The van der Waals surface area contributed by atoms with E-state index in [1.165, 1.54) is 5.56 Å². The van der Waals surface area contributed by atoms with E-state index in [0.29, 0.717) is 23.1 Å². The van der Waals surface area contributed by atoms with Crippen LogP contribution in [0.5, 0.6) is 0 Å². The number of quaternary nitrogens is 1. The highest BCUT2D eigenvalue weighted by atomic mass is 35.5. The van der Waals surface area contributed by atoms with Gasteiger partial charge in [-0.15, -0.1) is 0 Å². The lowest BCUT2D eigenvalue weighted by Crippen LogP contribution is -2.85. The maximum absolute atomic E-state index is 10.6. The molecule has 4 aromatic rings. The van der Waals surface area contributed by atoms with Crippen LogP contribution in [0.25, 0.3) is 21.8 Å². The van der Waals surface area contributed by atoms with E-state index in [1.807, 2.05) is 54.6 Å². The highest BCUT2D eigenvalue weighted by Crippen LogP contribution is 2.32. The SMILES string of the molecule is O[C@H](C[NH2+]Cc1ccccc1)Cn1c2ccc(Cl)cc2c2cc(Cl)ccc21. The van der Waals surface area contributed by atoms with Crippen molar-refractivity contribution in [3.63, 3.8) is 0 Å². The summed E-state index contributed by atoms with van der Waals surface area (Å²) in [5.41, 5.74) is 3.36. The largest absolute Gasteiger partial charge is 0.385 e. The normalized spacial score (nSPS) is 12.7. The third-order valence-electron chi connectivity index (χ3n) is 4.84. The number of rotatable bonds is 6. The van der Waals surface area contributed by atoms with Crippen molar-refractivity contribution in [2.75, 3.05) is 6.54 Å². The first kappa shape index (κ1) is 18.3. The predicted molar refractivity (Wildman–Crippen MR) is 112 cm³/mol. The lowest BCUT2D eigenvalue weighted by molar-refractivity contribution is -0.676. The predicted octanol–water partition coefficient (Wildman–Crippen LogP) is 4.23. The van der Waals surface area contributed by atoms with Gasteiger partial charge in [0.2, 0.25) is 0 Å². The number of aromatic nitrogens is 1. The topological polar surface area (TPSA) is 41.8 Å². The first-order chi connectivity index (χ1) is 13.1. The molecule has 0 fully saturated rings. The van der Waals surface area contributed by atoms with E-state index >= 15 is 0 Å². The Morgan fingerprint density at radius 1 is 0.852 bits per heavy atom. The van der Waals surface area contributed by atoms with Gasteiger partial charge < -0.3 is 15.0 Å². The molecule has 3 aromatic carbocycles. The van der Waals surface area contributed by atoms with E-state index in [9.17, 15) is 5.11 Å². The molecular weight excluding hydrogens is 379 g/mol. The second-order valence-electron chi connectivity index (χ2n) is 6.80. The highest BCUT2D eigenvalue weighted by molar-refractivity contribution is 6.33. The summed E-state index contributed by atoms with van der Waals surface area (Å²) in [4.78, 5) is 0. The molecule has 4 rings (SSSR count). The lowest BCUT2D eigenvalue weighted by atomic mass is 10.1. The molecule has 3 nitrogen and oxygen atoms in total. The Morgan fingerprint density at radius 2 is 1.44 bits per heavy atom. The van der Waals surface area contributed by atoms with Gasteiger partial charge in [0.1, 0.15) is 19.2 Å². The van der Waals surface area contributed by atoms with E-state index in [4.69, 9.17) is 23.2 Å². The molecule has 1 atom stereocenters. The molecule has 3 N–H and O–H groups in total. The van der Waals surface area contributed by atoms with Gasteiger partial charge in [-0.05, 0) is 36.4 Å². The second-order valence-corrected chi connectivity index (χ2v) is 7.67. The molecule has 27 heavy (non-hydrogen) atoms. The Balaban J connectivity index is 1.57. The lowest BCUT2D eigenvalue weighted by Gasteiger charge is -2.13. The number of aliphatic hydroxyl groups excluding tert-OH is 1. The van der Waals surface area contributed by atoms with Crippen LogP contribution in [0.1, 0.15) is 5.56 Å². The fourth-order valence-corrected chi connectivity index (χ4v) is 3.93. The van der Waals surface area contributed by atoms with E-state index in [0.717, 1.165) is 28.4 Å². The molecule has 0 unspecified atom stereocenters. The molecule has 5 heteroatoms. The number of fused-ring (bicyclic) bond motifs is 3. The maximum atomic E-state index is 10.6. The molecular formula is C22H21Cl2N2O+. The third-order valence-corrected chi connectivity index (χ3v) is 5.31. The summed E-state index contributed by atoms with van der Waals surface area (Å²) in [6.45, 7) is 2.02. The van der Waals surface area contributed by atoms with Crippen molar-refractivity contribution in [2.24, 2.45) is 0 Å². The van der Waals surface area contributed by atoms with Gasteiger partial charge in [0.25, 0.3) is 0 Å². The van der Waals surface area contributed by atoms with Crippen LogP contribution in [-0.4, -0.2) is 22.3 Å². The van der Waals surface area contributed by atoms with Crippen LogP contribution in [0, 0.1) is 0 Å². The van der Waals surface area contributed by atoms with Crippen molar-refractivity contribution in [1.82, 2.24) is 4.57 Å². The summed E-state index contributed by atoms with van der Waals surface area (Å²) in [6.07, 6.45) is -0.459. The van der Waals surface area contributed by atoms with Gasteiger partial charge in [0, 0.05) is 37.4 Å². The van der Waals surface area contributed by atoms with E-state index in [-0.39, 0.29) is 0 Å². The van der Waals surface area contributed by atoms with Crippen LogP contribution < -0.4 is 5.32 Å². The summed E-state index contributed by atoms with van der Waals surface area (Å²) in [7, 11) is 0. The Morgan fingerprint density at radius 3 is 2.04 bits per heavy atom. The smallest absolute Gasteiger partial charge is 0.121 e. The monoisotopic (exact) mass is 399 g/mol. The van der Waals surface area contributed by atoms with Crippen LogP contribution in [0.2, 0.25) is 10.0 Å². The number of hydrogen-bond donors (Lipinski definition) is 2. The number of halogens is 2. The fraction of sp³-hybridized carbons (Fsp3) is 0.182.